The summed E-state index contributed by atoms with van der Waals surface area (Å²) in [6, 6.07) is 73.5. The van der Waals surface area contributed by atoms with Crippen molar-refractivity contribution >= 4 is 61.1 Å². The third-order valence-corrected chi connectivity index (χ3v) is 12.0. The fraction of sp³-hybridized carbons (Fsp3) is 0.0345. The Balaban J connectivity index is 0.999. The van der Waals surface area contributed by atoms with E-state index in [0.29, 0.717) is 6.54 Å². The van der Waals surface area contributed by atoms with Crippen molar-refractivity contribution in [1.29, 1.82) is 0 Å². The first-order valence-corrected chi connectivity index (χ1v) is 20.9. The van der Waals surface area contributed by atoms with Gasteiger partial charge in [0.05, 0.1) is 0 Å². The molecule has 0 aliphatic carbocycles. The molecule has 11 aromatic rings. The molecule has 0 N–H and O–H groups in total. The number of furan rings is 2. The van der Waals surface area contributed by atoms with Crippen molar-refractivity contribution in [2.45, 2.75) is 6.92 Å². The van der Waals surface area contributed by atoms with Crippen LogP contribution in [0.25, 0.3) is 94.3 Å². The van der Waals surface area contributed by atoms with E-state index >= 15 is 0 Å². The molecule has 2 heterocycles. The molecule has 0 aliphatic rings. The topological polar surface area (TPSA) is 29.5 Å². The van der Waals surface area contributed by atoms with Gasteiger partial charge in [-0.05, 0) is 106 Å². The Morgan fingerprint density at radius 2 is 1.08 bits per heavy atom. The van der Waals surface area contributed by atoms with Gasteiger partial charge >= 0.3 is 0 Å². The zero-order valence-corrected chi connectivity index (χ0v) is 33.8. The lowest BCUT2D eigenvalue weighted by atomic mass is 9.91. The summed E-state index contributed by atoms with van der Waals surface area (Å²) < 4.78 is 12.8. The van der Waals surface area contributed by atoms with Crippen molar-refractivity contribution in [1.82, 2.24) is 0 Å². The van der Waals surface area contributed by atoms with Crippen LogP contribution in [0.1, 0.15) is 11.3 Å². The molecule has 0 bridgehead atoms. The lowest BCUT2D eigenvalue weighted by Gasteiger charge is -2.27. The minimum atomic E-state index is 0.625. The van der Waals surface area contributed by atoms with E-state index in [9.17, 15) is 0 Å². The van der Waals surface area contributed by atoms with Gasteiger partial charge in [0.1, 0.15) is 22.5 Å². The SMILES string of the molecule is Cc1c(/C=C\CN(c2ccc(-c3ccc(-c4ccccc4)c(-c4ccccc4)c3)cc2)c2ccccc2-c2ccc3oc4c5ccccc5ccc4c3c2)oc2ccccc12. The number of hydrogen-bond acceptors (Lipinski definition) is 3. The van der Waals surface area contributed by atoms with Crippen LogP contribution in [0, 0.1) is 6.92 Å². The van der Waals surface area contributed by atoms with Gasteiger partial charge in [-0.1, -0.05) is 164 Å². The second-order valence-corrected chi connectivity index (χ2v) is 15.6. The van der Waals surface area contributed by atoms with Crippen molar-refractivity contribution in [2.75, 3.05) is 11.4 Å². The summed E-state index contributed by atoms with van der Waals surface area (Å²) in [5.74, 6) is 0.878. The van der Waals surface area contributed by atoms with Crippen molar-refractivity contribution in [3.8, 4) is 44.5 Å². The lowest BCUT2D eigenvalue weighted by molar-refractivity contribution is 0.601. The summed E-state index contributed by atoms with van der Waals surface area (Å²) in [5, 5.41) is 5.67. The molecule has 0 fully saturated rings. The van der Waals surface area contributed by atoms with Crippen LogP contribution in [-0.4, -0.2) is 6.54 Å². The minimum absolute atomic E-state index is 0.625. The molecule has 0 unspecified atom stereocenters. The van der Waals surface area contributed by atoms with Crippen molar-refractivity contribution in [3.63, 3.8) is 0 Å². The van der Waals surface area contributed by atoms with E-state index in [2.05, 4.69) is 218 Å². The van der Waals surface area contributed by atoms with Gasteiger partial charge in [0.25, 0.3) is 0 Å². The summed E-state index contributed by atoms with van der Waals surface area (Å²) in [7, 11) is 0. The molecule has 0 saturated carbocycles. The first kappa shape index (κ1) is 36.2. The predicted octanol–water partition coefficient (Wildman–Crippen LogP) is 16.3. The first-order valence-electron chi connectivity index (χ1n) is 20.9. The van der Waals surface area contributed by atoms with E-state index in [1.165, 1.54) is 33.2 Å². The average Bonchev–Trinajstić information content (AvgIpc) is 3.87. The summed E-state index contributed by atoms with van der Waals surface area (Å²) in [6.07, 6.45) is 4.33. The molecule has 61 heavy (non-hydrogen) atoms. The van der Waals surface area contributed by atoms with Crippen LogP contribution in [0.3, 0.4) is 0 Å². The maximum Gasteiger partial charge on any atom is 0.143 e. The Kier molecular flexibility index (Phi) is 9.13. The van der Waals surface area contributed by atoms with Gasteiger partial charge in [-0.15, -0.1) is 0 Å². The normalized spacial score (nSPS) is 11.7. The fourth-order valence-corrected chi connectivity index (χ4v) is 8.87. The van der Waals surface area contributed by atoms with E-state index in [0.717, 1.165) is 77.7 Å². The molecule has 0 spiro atoms. The smallest absolute Gasteiger partial charge is 0.143 e. The van der Waals surface area contributed by atoms with E-state index in [-0.39, 0.29) is 0 Å². The van der Waals surface area contributed by atoms with Crippen LogP contribution >= 0.6 is 0 Å². The number of anilines is 2. The fourth-order valence-electron chi connectivity index (χ4n) is 8.87. The molecule has 2 aromatic heterocycles. The van der Waals surface area contributed by atoms with Crippen molar-refractivity contribution < 1.29 is 8.83 Å². The Hall–Kier alpha value is -7.88. The maximum absolute atomic E-state index is 6.51. The average molecular weight is 784 g/mol. The van der Waals surface area contributed by atoms with Gasteiger partial charge < -0.3 is 13.7 Å². The van der Waals surface area contributed by atoms with Crippen LogP contribution in [0.2, 0.25) is 0 Å². The van der Waals surface area contributed by atoms with E-state index in [1.807, 2.05) is 12.1 Å². The van der Waals surface area contributed by atoms with Gasteiger partial charge in [0, 0.05) is 50.6 Å². The highest BCUT2D eigenvalue weighted by atomic mass is 16.3. The second-order valence-electron chi connectivity index (χ2n) is 15.6. The summed E-state index contributed by atoms with van der Waals surface area (Å²) in [4.78, 5) is 2.40. The Morgan fingerprint density at radius 1 is 0.426 bits per heavy atom. The van der Waals surface area contributed by atoms with Gasteiger partial charge in [-0.25, -0.2) is 0 Å². The van der Waals surface area contributed by atoms with E-state index in [4.69, 9.17) is 8.83 Å². The minimum Gasteiger partial charge on any atom is -0.456 e. The Morgan fingerprint density at radius 3 is 1.89 bits per heavy atom. The third-order valence-electron chi connectivity index (χ3n) is 12.0. The third kappa shape index (κ3) is 6.67. The zero-order valence-electron chi connectivity index (χ0n) is 33.8. The van der Waals surface area contributed by atoms with Gasteiger partial charge in [-0.3, -0.25) is 0 Å². The number of hydrogen-bond donors (Lipinski definition) is 0. The number of nitrogens with zero attached hydrogens (tertiary/aromatic N) is 1. The van der Waals surface area contributed by atoms with E-state index < -0.39 is 0 Å². The Labute approximate surface area is 355 Å². The number of aryl methyl sites for hydroxylation is 1. The molecule has 0 aliphatic heterocycles. The lowest BCUT2D eigenvalue weighted by Crippen LogP contribution is -2.17. The number of benzene rings is 9. The molecule has 0 atom stereocenters. The van der Waals surface area contributed by atoms with Crippen molar-refractivity contribution in [3.05, 3.63) is 224 Å². The molecule has 9 aromatic carbocycles. The van der Waals surface area contributed by atoms with Gasteiger partial charge in [0.15, 0.2) is 0 Å². The molecular formula is C58H41NO2. The van der Waals surface area contributed by atoms with Crippen LogP contribution < -0.4 is 4.90 Å². The van der Waals surface area contributed by atoms with Gasteiger partial charge in [0.2, 0.25) is 0 Å². The second kappa shape index (κ2) is 15.4. The summed E-state index contributed by atoms with van der Waals surface area (Å²) in [5.41, 5.74) is 15.5. The number of rotatable bonds is 9. The van der Waals surface area contributed by atoms with Gasteiger partial charge in [-0.2, -0.15) is 0 Å². The largest absolute Gasteiger partial charge is 0.456 e. The first-order chi connectivity index (χ1) is 30.2. The molecule has 3 nitrogen and oxygen atoms in total. The molecule has 11 rings (SSSR count). The standard InChI is InChI=1S/C58H41NO2/c1-39-47-20-11-13-24-56(47)60-55(39)25-14-36-59(46-31-26-40(27-32-46)44-29-33-48(41-15-4-2-5-16-41)52(37-44)42-17-6-3-7-18-42)54-23-12-10-21-49(54)45-30-35-57-53(38-45)51-34-28-43-19-8-9-22-50(43)58(51)61-57/h2-35,37-38H,36H2,1H3/b25-14-. The highest BCUT2D eigenvalue weighted by Gasteiger charge is 2.18. The molecule has 0 saturated heterocycles. The summed E-state index contributed by atoms with van der Waals surface area (Å²) in [6.45, 7) is 2.76. The molecule has 290 valence electrons. The Bertz CT molecular complexity index is 3390. The highest BCUT2D eigenvalue weighted by Crippen LogP contribution is 2.41. The zero-order chi connectivity index (χ0) is 40.7. The number of para-hydroxylation sites is 2. The number of fused-ring (bicyclic) bond motifs is 6. The quantitative estimate of drug-likeness (QED) is 0.146. The molecule has 0 radical (unpaired) electrons. The van der Waals surface area contributed by atoms with Crippen molar-refractivity contribution in [2.24, 2.45) is 0 Å². The monoisotopic (exact) mass is 783 g/mol. The van der Waals surface area contributed by atoms with E-state index in [1.54, 1.807) is 0 Å². The van der Waals surface area contributed by atoms with Crippen LogP contribution in [0.15, 0.2) is 221 Å². The van der Waals surface area contributed by atoms with Crippen LogP contribution in [-0.2, 0) is 0 Å². The summed E-state index contributed by atoms with van der Waals surface area (Å²) >= 11 is 0. The predicted molar refractivity (Wildman–Crippen MR) is 256 cm³/mol. The van der Waals surface area contributed by atoms with Crippen LogP contribution in [0.5, 0.6) is 0 Å². The van der Waals surface area contributed by atoms with Crippen LogP contribution in [0.4, 0.5) is 11.4 Å². The maximum atomic E-state index is 6.51. The highest BCUT2D eigenvalue weighted by molar-refractivity contribution is 6.15. The molecular weight excluding hydrogens is 743 g/mol. The molecule has 0 amide bonds. The molecule has 3 heteroatoms.